The zero-order valence-corrected chi connectivity index (χ0v) is 14.1. The minimum atomic E-state index is -0.469. The molecule has 5 unspecified atom stereocenters. The van der Waals surface area contributed by atoms with Crippen LogP contribution in [0.15, 0.2) is 0 Å². The number of halogens is 1. The van der Waals surface area contributed by atoms with E-state index in [1.807, 2.05) is 13.8 Å². The van der Waals surface area contributed by atoms with Gasteiger partial charge in [-0.25, -0.2) is 0 Å². The highest BCUT2D eigenvalue weighted by atomic mass is 127. The van der Waals surface area contributed by atoms with E-state index in [4.69, 9.17) is 9.47 Å². The summed E-state index contributed by atoms with van der Waals surface area (Å²) in [4.78, 5) is 24.4. The molecule has 0 radical (unpaired) electrons. The summed E-state index contributed by atoms with van der Waals surface area (Å²) in [5.74, 6) is 0.499. The largest absolute Gasteiger partial charge is 0.465 e. The van der Waals surface area contributed by atoms with Crippen LogP contribution in [0.4, 0.5) is 0 Å². The van der Waals surface area contributed by atoms with Crippen molar-refractivity contribution >= 4 is 34.5 Å². The van der Waals surface area contributed by atoms with Crippen molar-refractivity contribution in [2.24, 2.45) is 17.3 Å². The van der Waals surface area contributed by atoms with Crippen molar-refractivity contribution in [1.82, 2.24) is 0 Å². The molecule has 2 bridgehead atoms. The number of hydrogen-bond donors (Lipinski definition) is 0. The molecule has 2 aliphatic carbocycles. The van der Waals surface area contributed by atoms with Crippen LogP contribution in [0.5, 0.6) is 0 Å². The van der Waals surface area contributed by atoms with E-state index in [0.29, 0.717) is 12.5 Å². The number of alkyl halides is 1. The normalized spacial score (nSPS) is 41.8. The highest BCUT2D eigenvalue weighted by Crippen LogP contribution is 2.60. The summed E-state index contributed by atoms with van der Waals surface area (Å²) in [6.45, 7) is 4.43. The Morgan fingerprint density at radius 1 is 1.55 bits per heavy atom. The number of esters is 2. The number of hydrogen-bond acceptors (Lipinski definition) is 4. The van der Waals surface area contributed by atoms with E-state index in [0.717, 1.165) is 32.1 Å². The molecule has 5 atom stereocenters. The van der Waals surface area contributed by atoms with Gasteiger partial charge in [-0.3, -0.25) is 9.59 Å². The molecule has 1 heterocycles. The number of cyclic esters (lactones) is 1. The maximum absolute atomic E-state index is 12.3. The van der Waals surface area contributed by atoms with Crippen molar-refractivity contribution in [2.75, 3.05) is 6.61 Å². The summed E-state index contributed by atoms with van der Waals surface area (Å²) in [5, 5.41) is 0. The molecule has 3 aliphatic rings. The quantitative estimate of drug-likeness (QED) is 0.421. The Morgan fingerprint density at radius 2 is 2.30 bits per heavy atom. The van der Waals surface area contributed by atoms with Crippen molar-refractivity contribution in [3.05, 3.63) is 0 Å². The summed E-state index contributed by atoms with van der Waals surface area (Å²) < 4.78 is 10.5. The van der Waals surface area contributed by atoms with E-state index in [9.17, 15) is 9.59 Å². The molecule has 1 spiro atoms. The summed E-state index contributed by atoms with van der Waals surface area (Å²) in [7, 11) is 0. The van der Waals surface area contributed by atoms with E-state index in [1.54, 1.807) is 0 Å². The van der Waals surface area contributed by atoms with Crippen molar-refractivity contribution in [1.29, 1.82) is 0 Å². The van der Waals surface area contributed by atoms with Gasteiger partial charge in [-0.2, -0.15) is 0 Å². The van der Waals surface area contributed by atoms with Crippen LogP contribution in [-0.2, 0) is 19.1 Å². The molecule has 0 amide bonds. The molecule has 1 aliphatic heterocycles. The van der Waals surface area contributed by atoms with E-state index in [2.05, 4.69) is 22.6 Å². The van der Waals surface area contributed by atoms with Crippen LogP contribution in [-0.4, -0.2) is 28.1 Å². The standard InChI is InChI=1S/C15H21IO4/c1-3-14(2,16)12(17)20-11-7-9-6-10(11)15(8-9)4-5-19-13(15)18/h9-11H,3-8H2,1-2H3. The lowest BCUT2D eigenvalue weighted by Gasteiger charge is -2.35. The van der Waals surface area contributed by atoms with Gasteiger partial charge in [-0.05, 0) is 44.9 Å². The Morgan fingerprint density at radius 3 is 2.85 bits per heavy atom. The average Bonchev–Trinajstić information content (AvgIpc) is 3.06. The molecule has 0 aromatic carbocycles. The van der Waals surface area contributed by atoms with Gasteiger partial charge in [0.05, 0.1) is 12.0 Å². The lowest BCUT2D eigenvalue weighted by molar-refractivity contribution is -0.163. The fraction of sp³-hybridized carbons (Fsp3) is 0.867. The molecule has 0 aromatic heterocycles. The zero-order chi connectivity index (χ0) is 14.5. The molecule has 1 saturated heterocycles. The summed E-state index contributed by atoms with van der Waals surface area (Å²) in [6.07, 6.45) is 4.32. The molecule has 4 nitrogen and oxygen atoms in total. The SMILES string of the molecule is CCC(C)(I)C(=O)OC1CC2CC1C1(CCOC1=O)C2. The van der Waals surface area contributed by atoms with Gasteiger partial charge < -0.3 is 9.47 Å². The van der Waals surface area contributed by atoms with Gasteiger partial charge in [0.15, 0.2) is 0 Å². The Hall–Kier alpha value is -0.330. The first-order chi connectivity index (χ1) is 9.39. The van der Waals surface area contributed by atoms with Crippen LogP contribution in [0.1, 0.15) is 46.0 Å². The second-order valence-electron chi connectivity index (χ2n) is 6.68. The van der Waals surface area contributed by atoms with Gasteiger partial charge in [0, 0.05) is 5.92 Å². The number of ether oxygens (including phenoxy) is 2. The van der Waals surface area contributed by atoms with Gasteiger partial charge in [0.1, 0.15) is 9.53 Å². The van der Waals surface area contributed by atoms with Gasteiger partial charge in [0.2, 0.25) is 0 Å². The molecule has 20 heavy (non-hydrogen) atoms. The highest BCUT2D eigenvalue weighted by molar-refractivity contribution is 14.1. The Bertz CT molecular complexity index is 447. The van der Waals surface area contributed by atoms with Crippen LogP contribution in [0.2, 0.25) is 0 Å². The maximum Gasteiger partial charge on any atom is 0.322 e. The first-order valence-corrected chi connectivity index (χ1v) is 8.54. The second-order valence-corrected chi connectivity index (χ2v) is 9.07. The van der Waals surface area contributed by atoms with Crippen molar-refractivity contribution in [2.45, 2.75) is 55.5 Å². The zero-order valence-electron chi connectivity index (χ0n) is 12.0. The summed E-state index contributed by atoms with van der Waals surface area (Å²) in [5.41, 5.74) is -0.345. The van der Waals surface area contributed by atoms with Crippen LogP contribution in [0.3, 0.4) is 0 Å². The predicted octanol–water partition coefficient (Wildman–Crippen LogP) is 2.87. The number of carbonyl (C=O) groups is 2. The monoisotopic (exact) mass is 392 g/mol. The molecule has 112 valence electrons. The Kier molecular flexibility index (Phi) is 3.54. The van der Waals surface area contributed by atoms with Crippen LogP contribution < -0.4 is 0 Å². The van der Waals surface area contributed by atoms with Crippen LogP contribution in [0.25, 0.3) is 0 Å². The van der Waals surface area contributed by atoms with E-state index in [-0.39, 0.29) is 29.4 Å². The molecular formula is C15H21IO4. The Balaban J connectivity index is 1.74. The fourth-order valence-electron chi connectivity index (χ4n) is 4.14. The maximum atomic E-state index is 12.3. The highest BCUT2D eigenvalue weighted by Gasteiger charge is 2.63. The third kappa shape index (κ3) is 2.07. The Labute approximate surface area is 133 Å². The summed E-state index contributed by atoms with van der Waals surface area (Å²) in [6, 6.07) is 0. The first kappa shape index (κ1) is 14.6. The van der Waals surface area contributed by atoms with Gasteiger partial charge in [0.25, 0.3) is 0 Å². The van der Waals surface area contributed by atoms with E-state index >= 15 is 0 Å². The van der Waals surface area contributed by atoms with Crippen LogP contribution >= 0.6 is 22.6 Å². The lowest BCUT2D eigenvalue weighted by Crippen LogP contribution is -2.43. The minimum Gasteiger partial charge on any atom is -0.465 e. The molecule has 0 aromatic rings. The minimum absolute atomic E-state index is 0.0570. The van der Waals surface area contributed by atoms with E-state index in [1.165, 1.54) is 0 Å². The topological polar surface area (TPSA) is 52.6 Å². The van der Waals surface area contributed by atoms with Gasteiger partial charge in [-0.1, -0.05) is 29.5 Å². The molecular weight excluding hydrogens is 371 g/mol. The smallest absolute Gasteiger partial charge is 0.322 e. The number of fused-ring (bicyclic) bond motifs is 3. The average molecular weight is 392 g/mol. The van der Waals surface area contributed by atoms with Crippen molar-refractivity contribution < 1.29 is 19.1 Å². The molecule has 3 fully saturated rings. The van der Waals surface area contributed by atoms with Crippen LogP contribution in [0, 0.1) is 17.3 Å². The summed E-state index contributed by atoms with van der Waals surface area (Å²) >= 11 is 2.16. The third-order valence-corrected chi connectivity index (χ3v) is 6.70. The number of rotatable bonds is 3. The second kappa shape index (κ2) is 4.85. The molecule has 0 N–H and O–H groups in total. The van der Waals surface area contributed by atoms with E-state index < -0.39 is 3.42 Å². The lowest BCUT2D eigenvalue weighted by atomic mass is 9.71. The number of carbonyl (C=O) groups excluding carboxylic acids is 2. The predicted molar refractivity (Wildman–Crippen MR) is 81.4 cm³/mol. The van der Waals surface area contributed by atoms with Gasteiger partial charge >= 0.3 is 11.9 Å². The molecule has 5 heteroatoms. The third-order valence-electron chi connectivity index (χ3n) is 5.50. The first-order valence-electron chi connectivity index (χ1n) is 7.46. The van der Waals surface area contributed by atoms with Crippen molar-refractivity contribution in [3.63, 3.8) is 0 Å². The van der Waals surface area contributed by atoms with Crippen molar-refractivity contribution in [3.8, 4) is 0 Å². The van der Waals surface area contributed by atoms with Gasteiger partial charge in [-0.15, -0.1) is 0 Å². The molecule has 2 saturated carbocycles. The molecule has 3 rings (SSSR count). The fourth-order valence-corrected chi connectivity index (χ4v) is 4.27.